The third kappa shape index (κ3) is 5.73. The van der Waals surface area contributed by atoms with E-state index in [1.54, 1.807) is 6.26 Å². The molecule has 0 saturated carbocycles. The van der Waals surface area contributed by atoms with Crippen LogP contribution < -0.4 is 0 Å². The van der Waals surface area contributed by atoms with Crippen molar-refractivity contribution in [3.05, 3.63) is 29.8 Å². The summed E-state index contributed by atoms with van der Waals surface area (Å²) in [5, 5.41) is 0. The molecule has 1 atom stereocenters. The predicted molar refractivity (Wildman–Crippen MR) is 68.7 cm³/mol. The van der Waals surface area contributed by atoms with E-state index in [9.17, 15) is 4.21 Å². The molecule has 0 aromatic heterocycles. The molecule has 0 spiro atoms. The van der Waals surface area contributed by atoms with Crippen LogP contribution in [0.15, 0.2) is 29.2 Å². The van der Waals surface area contributed by atoms with Gasteiger partial charge >= 0.3 is 0 Å². The molecule has 2 heteroatoms. The molecule has 0 heterocycles. The van der Waals surface area contributed by atoms with E-state index in [0.29, 0.717) is 5.92 Å². The van der Waals surface area contributed by atoms with Gasteiger partial charge in [-0.1, -0.05) is 39.8 Å². The average Bonchev–Trinajstić information content (AvgIpc) is 2.20. The van der Waals surface area contributed by atoms with Crippen molar-refractivity contribution in [2.45, 2.75) is 39.0 Å². The first kappa shape index (κ1) is 14.4. The first-order valence-electron chi connectivity index (χ1n) is 5.52. The van der Waals surface area contributed by atoms with E-state index in [4.69, 9.17) is 0 Å². The maximum atomic E-state index is 11.1. The normalized spacial score (nSPS) is 11.9. The number of rotatable bonds is 3. The van der Waals surface area contributed by atoms with Crippen molar-refractivity contribution in [1.82, 2.24) is 0 Å². The Bertz CT molecular complexity index is 288. The Morgan fingerprint density at radius 2 is 1.60 bits per heavy atom. The van der Waals surface area contributed by atoms with Gasteiger partial charge in [-0.05, 0) is 30.0 Å². The molecule has 0 amide bonds. The zero-order valence-corrected chi connectivity index (χ0v) is 11.2. The minimum atomic E-state index is -0.850. The molecule has 1 aromatic rings. The summed E-state index contributed by atoms with van der Waals surface area (Å²) >= 11 is 0. The first-order valence-corrected chi connectivity index (χ1v) is 7.07. The lowest BCUT2D eigenvalue weighted by atomic mass is 10.0. The molecular formula is C13H22OS. The van der Waals surface area contributed by atoms with E-state index in [1.807, 2.05) is 26.0 Å². The van der Waals surface area contributed by atoms with Crippen LogP contribution in [-0.2, 0) is 17.2 Å². The molecule has 0 radical (unpaired) electrons. The Kier molecular flexibility index (Phi) is 7.31. The van der Waals surface area contributed by atoms with Crippen molar-refractivity contribution < 1.29 is 4.21 Å². The van der Waals surface area contributed by atoms with Crippen LogP contribution in [0.3, 0.4) is 0 Å². The molecule has 86 valence electrons. The van der Waals surface area contributed by atoms with Gasteiger partial charge < -0.3 is 0 Å². The fourth-order valence-corrected chi connectivity index (χ4v) is 1.81. The van der Waals surface area contributed by atoms with Gasteiger partial charge in [0.15, 0.2) is 0 Å². The van der Waals surface area contributed by atoms with E-state index in [0.717, 1.165) is 11.3 Å². The zero-order valence-electron chi connectivity index (χ0n) is 10.4. The Balaban J connectivity index is 0.000000921. The molecule has 1 rings (SSSR count). The minimum Gasteiger partial charge on any atom is -0.255 e. The lowest BCUT2D eigenvalue weighted by Gasteiger charge is -2.04. The summed E-state index contributed by atoms with van der Waals surface area (Å²) in [5.74, 6) is 0.679. The van der Waals surface area contributed by atoms with Crippen LogP contribution in [0.2, 0.25) is 0 Å². The Hall–Kier alpha value is -0.630. The van der Waals surface area contributed by atoms with Gasteiger partial charge in [-0.15, -0.1) is 0 Å². The van der Waals surface area contributed by atoms with Gasteiger partial charge in [0.25, 0.3) is 0 Å². The summed E-state index contributed by atoms with van der Waals surface area (Å²) in [5.41, 5.74) is 1.32. The highest BCUT2D eigenvalue weighted by Gasteiger charge is 1.99. The maximum Gasteiger partial charge on any atom is 0.0498 e. The van der Waals surface area contributed by atoms with E-state index < -0.39 is 10.8 Å². The lowest BCUT2D eigenvalue weighted by Crippen LogP contribution is -1.94. The Morgan fingerprint density at radius 1 is 1.13 bits per heavy atom. The van der Waals surface area contributed by atoms with E-state index in [-0.39, 0.29) is 0 Å². The Labute approximate surface area is 96.4 Å². The van der Waals surface area contributed by atoms with Gasteiger partial charge in [-0.25, -0.2) is 0 Å². The van der Waals surface area contributed by atoms with Crippen molar-refractivity contribution in [3.8, 4) is 0 Å². The van der Waals surface area contributed by atoms with E-state index >= 15 is 0 Å². The molecule has 1 aromatic carbocycles. The second-order valence-corrected chi connectivity index (χ2v) is 5.08. The fourth-order valence-electron chi connectivity index (χ4n) is 1.29. The molecule has 1 nitrogen and oxygen atoms in total. The van der Waals surface area contributed by atoms with Crippen molar-refractivity contribution in [1.29, 1.82) is 0 Å². The number of hydrogen-bond acceptors (Lipinski definition) is 1. The number of benzene rings is 1. The molecule has 0 aliphatic heterocycles. The van der Waals surface area contributed by atoms with Gasteiger partial charge in [-0.2, -0.15) is 0 Å². The largest absolute Gasteiger partial charge is 0.255 e. The van der Waals surface area contributed by atoms with Crippen LogP contribution >= 0.6 is 0 Å². The molecule has 0 saturated heterocycles. The smallest absolute Gasteiger partial charge is 0.0498 e. The third-order valence-electron chi connectivity index (χ3n) is 1.90. The molecule has 0 bridgehead atoms. The van der Waals surface area contributed by atoms with Crippen molar-refractivity contribution >= 4 is 10.8 Å². The fraction of sp³-hybridized carbons (Fsp3) is 0.538. The van der Waals surface area contributed by atoms with Crippen molar-refractivity contribution in [2.75, 3.05) is 6.26 Å². The zero-order chi connectivity index (χ0) is 11.8. The highest BCUT2D eigenvalue weighted by molar-refractivity contribution is 7.84. The van der Waals surface area contributed by atoms with Crippen LogP contribution in [0.25, 0.3) is 0 Å². The van der Waals surface area contributed by atoms with Crippen molar-refractivity contribution in [3.63, 3.8) is 0 Å². The molecule has 0 aliphatic rings. The summed E-state index contributed by atoms with van der Waals surface area (Å²) in [4.78, 5) is 0.910. The van der Waals surface area contributed by atoms with Gasteiger partial charge in [0.2, 0.25) is 0 Å². The summed E-state index contributed by atoms with van der Waals surface area (Å²) in [6, 6.07) is 8.04. The number of hydrogen-bond donors (Lipinski definition) is 0. The summed E-state index contributed by atoms with van der Waals surface area (Å²) in [6.45, 7) is 8.40. The van der Waals surface area contributed by atoms with Gasteiger partial charge in [-0.3, -0.25) is 4.21 Å². The predicted octanol–water partition coefficient (Wildman–Crippen LogP) is 3.65. The quantitative estimate of drug-likeness (QED) is 0.769. The molecule has 0 N–H and O–H groups in total. The SMILES string of the molecule is CC.CC(C)Cc1ccc(S(C)=O)cc1. The van der Waals surface area contributed by atoms with E-state index in [1.165, 1.54) is 5.56 Å². The summed E-state index contributed by atoms with van der Waals surface area (Å²) < 4.78 is 11.1. The third-order valence-corrected chi connectivity index (χ3v) is 2.84. The van der Waals surface area contributed by atoms with Gasteiger partial charge in [0, 0.05) is 22.0 Å². The highest BCUT2D eigenvalue weighted by Crippen LogP contribution is 2.11. The average molecular weight is 226 g/mol. The summed E-state index contributed by atoms with van der Waals surface area (Å²) in [6.07, 6.45) is 2.80. The second kappa shape index (κ2) is 7.63. The van der Waals surface area contributed by atoms with Gasteiger partial charge in [0.05, 0.1) is 0 Å². The van der Waals surface area contributed by atoms with Crippen LogP contribution in [0.1, 0.15) is 33.3 Å². The lowest BCUT2D eigenvalue weighted by molar-refractivity contribution is 0.647. The van der Waals surface area contributed by atoms with Crippen LogP contribution in [-0.4, -0.2) is 10.5 Å². The highest BCUT2D eigenvalue weighted by atomic mass is 32.2. The molecule has 1 unspecified atom stereocenters. The Morgan fingerprint density at radius 3 is 1.93 bits per heavy atom. The monoisotopic (exact) mass is 226 g/mol. The molecule has 0 fully saturated rings. The second-order valence-electron chi connectivity index (χ2n) is 3.70. The van der Waals surface area contributed by atoms with E-state index in [2.05, 4.69) is 26.0 Å². The maximum absolute atomic E-state index is 11.1. The standard InChI is InChI=1S/C11H16OS.C2H6/c1-9(2)8-10-4-6-11(7-5-10)13(3)12;1-2/h4-7,9H,8H2,1-3H3;1-2H3. The van der Waals surface area contributed by atoms with Crippen LogP contribution in [0, 0.1) is 5.92 Å². The topological polar surface area (TPSA) is 17.1 Å². The van der Waals surface area contributed by atoms with Crippen molar-refractivity contribution in [2.24, 2.45) is 5.92 Å². The molecular weight excluding hydrogens is 204 g/mol. The minimum absolute atomic E-state index is 0.679. The van der Waals surface area contributed by atoms with Gasteiger partial charge in [0.1, 0.15) is 0 Å². The molecule has 15 heavy (non-hydrogen) atoms. The van der Waals surface area contributed by atoms with Crippen LogP contribution in [0.5, 0.6) is 0 Å². The van der Waals surface area contributed by atoms with Crippen LogP contribution in [0.4, 0.5) is 0 Å². The summed E-state index contributed by atoms with van der Waals surface area (Å²) in [7, 11) is -0.850. The first-order chi connectivity index (χ1) is 7.09. The molecule has 0 aliphatic carbocycles.